The highest BCUT2D eigenvalue weighted by atomic mass is 35.5. The molecule has 0 bridgehead atoms. The summed E-state index contributed by atoms with van der Waals surface area (Å²) < 4.78 is 5.23. The van der Waals surface area contributed by atoms with E-state index in [1.807, 2.05) is 41.3 Å². The summed E-state index contributed by atoms with van der Waals surface area (Å²) >= 11 is 12.4. The topological polar surface area (TPSA) is 82.1 Å². The van der Waals surface area contributed by atoms with Crippen LogP contribution < -0.4 is 9.64 Å². The number of methoxy groups -OCH3 is 1. The largest absolute Gasteiger partial charge is 0.497 e. The van der Waals surface area contributed by atoms with Crippen LogP contribution in [-0.4, -0.2) is 103 Å². The SMILES string of the molecule is CCN(CC)CCN(CC(=O)N1CCCN(c2ccc(-c3ccc(OC)cc3)nn2)CC1)C(=O)c1ccc(Cl)cc1Cl. The van der Waals surface area contributed by atoms with Crippen LogP contribution in [0.5, 0.6) is 5.75 Å². The highest BCUT2D eigenvalue weighted by Gasteiger charge is 2.26. The molecule has 0 saturated carbocycles. The Morgan fingerprint density at radius 1 is 0.905 bits per heavy atom. The normalized spacial score (nSPS) is 13.7. The highest BCUT2D eigenvalue weighted by molar-refractivity contribution is 6.36. The lowest BCUT2D eigenvalue weighted by Gasteiger charge is -2.29. The molecular formula is C31H38Cl2N6O3. The van der Waals surface area contributed by atoms with E-state index < -0.39 is 0 Å². The zero-order chi connectivity index (χ0) is 30.1. The molecule has 9 nitrogen and oxygen atoms in total. The van der Waals surface area contributed by atoms with Gasteiger partial charge in [-0.2, -0.15) is 0 Å². The van der Waals surface area contributed by atoms with Crippen molar-refractivity contribution in [3.63, 3.8) is 0 Å². The fraction of sp³-hybridized carbons (Fsp3) is 0.419. The fourth-order valence-corrected chi connectivity index (χ4v) is 5.45. The van der Waals surface area contributed by atoms with E-state index in [1.165, 1.54) is 0 Å². The van der Waals surface area contributed by atoms with E-state index in [1.54, 1.807) is 30.2 Å². The predicted molar refractivity (Wildman–Crippen MR) is 168 cm³/mol. The number of carbonyl (C=O) groups is 2. The average molecular weight is 614 g/mol. The molecule has 1 saturated heterocycles. The van der Waals surface area contributed by atoms with Gasteiger partial charge >= 0.3 is 0 Å². The summed E-state index contributed by atoms with van der Waals surface area (Å²) in [7, 11) is 1.64. The number of hydrogen-bond acceptors (Lipinski definition) is 7. The van der Waals surface area contributed by atoms with Crippen LogP contribution in [0.3, 0.4) is 0 Å². The number of nitrogens with zero attached hydrogens (tertiary/aromatic N) is 6. The minimum Gasteiger partial charge on any atom is -0.497 e. The number of ether oxygens (including phenoxy) is 1. The molecule has 4 rings (SSSR count). The second kappa shape index (κ2) is 15.2. The second-order valence-electron chi connectivity index (χ2n) is 10.1. The van der Waals surface area contributed by atoms with Gasteiger partial charge in [-0.3, -0.25) is 9.59 Å². The monoisotopic (exact) mass is 612 g/mol. The van der Waals surface area contributed by atoms with Crippen molar-refractivity contribution in [1.82, 2.24) is 24.9 Å². The molecule has 3 aromatic rings. The van der Waals surface area contributed by atoms with Gasteiger partial charge in [-0.15, -0.1) is 10.2 Å². The van der Waals surface area contributed by atoms with Crippen LogP contribution in [0, 0.1) is 0 Å². The van der Waals surface area contributed by atoms with Crippen molar-refractivity contribution >= 4 is 40.8 Å². The third kappa shape index (κ3) is 8.12. The van der Waals surface area contributed by atoms with E-state index in [0.717, 1.165) is 48.9 Å². The number of anilines is 1. The molecule has 1 fully saturated rings. The Labute approximate surface area is 258 Å². The summed E-state index contributed by atoms with van der Waals surface area (Å²) in [5.41, 5.74) is 2.08. The smallest absolute Gasteiger partial charge is 0.255 e. The lowest BCUT2D eigenvalue weighted by molar-refractivity contribution is -0.131. The number of rotatable bonds is 11. The van der Waals surface area contributed by atoms with Crippen molar-refractivity contribution in [2.75, 3.05) is 70.9 Å². The first kappa shape index (κ1) is 31.5. The first-order valence-electron chi connectivity index (χ1n) is 14.3. The van der Waals surface area contributed by atoms with Crippen LogP contribution in [0.15, 0.2) is 54.6 Å². The Kier molecular flexibility index (Phi) is 11.4. The number of halogens is 2. The molecule has 0 atom stereocenters. The van der Waals surface area contributed by atoms with E-state index in [2.05, 4.69) is 33.8 Å². The fourth-order valence-electron chi connectivity index (χ4n) is 4.96. The molecule has 11 heteroatoms. The molecule has 1 aliphatic heterocycles. The highest BCUT2D eigenvalue weighted by Crippen LogP contribution is 2.24. The number of amides is 2. The zero-order valence-corrected chi connectivity index (χ0v) is 25.9. The molecule has 1 aliphatic rings. The van der Waals surface area contributed by atoms with Gasteiger partial charge in [0.05, 0.1) is 23.4 Å². The molecule has 2 aromatic carbocycles. The Bertz CT molecular complexity index is 1340. The van der Waals surface area contributed by atoms with E-state index in [0.29, 0.717) is 43.3 Å². The van der Waals surface area contributed by atoms with Crippen molar-refractivity contribution in [3.05, 3.63) is 70.2 Å². The van der Waals surface area contributed by atoms with Crippen molar-refractivity contribution in [2.45, 2.75) is 20.3 Å². The van der Waals surface area contributed by atoms with Crippen LogP contribution in [-0.2, 0) is 4.79 Å². The van der Waals surface area contributed by atoms with E-state index >= 15 is 0 Å². The molecular weight excluding hydrogens is 575 g/mol. The Balaban J connectivity index is 1.40. The minimum atomic E-state index is -0.277. The van der Waals surface area contributed by atoms with Crippen molar-refractivity contribution in [2.24, 2.45) is 0 Å². The van der Waals surface area contributed by atoms with Gasteiger partial charge in [-0.05, 0) is 74.1 Å². The van der Waals surface area contributed by atoms with E-state index in [-0.39, 0.29) is 23.4 Å². The summed E-state index contributed by atoms with van der Waals surface area (Å²) in [6.07, 6.45) is 0.782. The van der Waals surface area contributed by atoms with Gasteiger partial charge < -0.3 is 24.3 Å². The molecule has 42 heavy (non-hydrogen) atoms. The number of likely N-dealkylation sites (N-methyl/N-ethyl adjacent to an activating group) is 1. The number of carbonyl (C=O) groups excluding carboxylic acids is 2. The standard InChI is InChI=1S/C31H38Cl2N6O3/c1-4-36(5-2)17-18-39(31(41)26-12-9-24(32)21-27(26)33)22-30(40)38-16-6-15-37(19-20-38)29-14-13-28(34-35-29)23-7-10-25(42-3)11-8-23/h7-14,21H,4-6,15-20,22H2,1-3H3. The molecule has 0 radical (unpaired) electrons. The van der Waals surface area contributed by atoms with Crippen molar-refractivity contribution in [1.29, 1.82) is 0 Å². The van der Waals surface area contributed by atoms with Gasteiger partial charge in [-0.1, -0.05) is 37.0 Å². The van der Waals surface area contributed by atoms with Crippen LogP contribution >= 0.6 is 23.2 Å². The Hall–Kier alpha value is -3.40. The van der Waals surface area contributed by atoms with E-state index in [9.17, 15) is 9.59 Å². The van der Waals surface area contributed by atoms with Gasteiger partial charge in [0, 0.05) is 49.9 Å². The van der Waals surface area contributed by atoms with Gasteiger partial charge in [0.2, 0.25) is 5.91 Å². The van der Waals surface area contributed by atoms with Crippen LogP contribution in [0.4, 0.5) is 5.82 Å². The maximum Gasteiger partial charge on any atom is 0.255 e. The number of hydrogen-bond donors (Lipinski definition) is 0. The predicted octanol–water partition coefficient (Wildman–Crippen LogP) is 4.98. The number of aromatic nitrogens is 2. The maximum atomic E-state index is 13.5. The number of benzene rings is 2. The summed E-state index contributed by atoms with van der Waals surface area (Å²) in [5.74, 6) is 1.20. The van der Waals surface area contributed by atoms with Crippen LogP contribution in [0.1, 0.15) is 30.6 Å². The van der Waals surface area contributed by atoms with Gasteiger partial charge in [0.1, 0.15) is 12.3 Å². The van der Waals surface area contributed by atoms with Gasteiger partial charge in [0.25, 0.3) is 5.91 Å². The first-order valence-corrected chi connectivity index (χ1v) is 15.1. The quantitative estimate of drug-likeness (QED) is 0.302. The molecule has 0 N–H and O–H groups in total. The summed E-state index contributed by atoms with van der Waals surface area (Å²) in [6.45, 7) is 9.46. The van der Waals surface area contributed by atoms with Gasteiger partial charge in [-0.25, -0.2) is 0 Å². The molecule has 0 unspecified atom stereocenters. The molecule has 0 spiro atoms. The Morgan fingerprint density at radius 3 is 2.31 bits per heavy atom. The third-order valence-corrected chi connectivity index (χ3v) is 8.11. The van der Waals surface area contributed by atoms with Crippen molar-refractivity contribution < 1.29 is 14.3 Å². The first-order chi connectivity index (χ1) is 20.3. The van der Waals surface area contributed by atoms with Gasteiger partial charge in [0.15, 0.2) is 5.82 Å². The van der Waals surface area contributed by atoms with Crippen molar-refractivity contribution in [3.8, 4) is 17.0 Å². The Morgan fingerprint density at radius 2 is 1.67 bits per heavy atom. The average Bonchev–Trinajstić information content (AvgIpc) is 3.27. The maximum absolute atomic E-state index is 13.5. The molecule has 0 aliphatic carbocycles. The third-order valence-electron chi connectivity index (χ3n) is 7.56. The summed E-state index contributed by atoms with van der Waals surface area (Å²) in [6, 6.07) is 16.4. The van der Waals surface area contributed by atoms with Crippen LogP contribution in [0.2, 0.25) is 10.0 Å². The lowest BCUT2D eigenvalue weighted by Crippen LogP contribution is -2.46. The molecule has 1 aromatic heterocycles. The van der Waals surface area contributed by atoms with Crippen LogP contribution in [0.25, 0.3) is 11.3 Å². The minimum absolute atomic E-state index is 0.0184. The summed E-state index contributed by atoms with van der Waals surface area (Å²) in [5, 5.41) is 9.63. The lowest BCUT2D eigenvalue weighted by atomic mass is 10.1. The molecule has 2 heterocycles. The zero-order valence-electron chi connectivity index (χ0n) is 24.4. The van der Waals surface area contributed by atoms with E-state index in [4.69, 9.17) is 27.9 Å². The molecule has 224 valence electrons. The summed E-state index contributed by atoms with van der Waals surface area (Å²) in [4.78, 5) is 34.9. The molecule has 2 amide bonds. The second-order valence-corrected chi connectivity index (χ2v) is 10.9.